The van der Waals surface area contributed by atoms with Crippen LogP contribution in [0.3, 0.4) is 0 Å². The fraction of sp³-hybridized carbons (Fsp3) is 0.673. The third-order valence-electron chi connectivity index (χ3n) is 10.1. The van der Waals surface area contributed by atoms with Crippen molar-refractivity contribution in [2.75, 3.05) is 19.8 Å². The third-order valence-corrected chi connectivity index (χ3v) is 10.1. The topological polar surface area (TPSA) is 61.8 Å². The zero-order valence-electron chi connectivity index (χ0n) is 39.2. The van der Waals surface area contributed by atoms with Crippen LogP contribution >= 0.6 is 0 Å². The average Bonchev–Trinajstić information content (AvgIpc) is 3.25. The fourth-order valence-corrected chi connectivity index (χ4v) is 6.46. The molecule has 0 aliphatic carbocycles. The molecule has 5 heteroatoms. The third kappa shape index (κ3) is 47.5. The molecule has 0 aliphatic heterocycles. The Bertz CT molecular complexity index is 1170. The van der Waals surface area contributed by atoms with Crippen LogP contribution in [0.2, 0.25) is 0 Å². The summed E-state index contributed by atoms with van der Waals surface area (Å²) in [6, 6.07) is 0. The van der Waals surface area contributed by atoms with E-state index in [0.717, 1.165) is 116 Å². The maximum Gasteiger partial charge on any atom is 0.306 e. The number of carbonyl (C=O) groups is 2. The Labute approximate surface area is 371 Å². The molecule has 0 saturated carbocycles. The first-order valence-corrected chi connectivity index (χ1v) is 24.8. The minimum Gasteiger partial charge on any atom is -0.462 e. The van der Waals surface area contributed by atoms with Gasteiger partial charge in [-0.1, -0.05) is 189 Å². The zero-order chi connectivity index (χ0) is 43.5. The van der Waals surface area contributed by atoms with Crippen LogP contribution in [0.25, 0.3) is 0 Å². The molecule has 0 N–H and O–H groups in total. The highest BCUT2D eigenvalue weighted by atomic mass is 16.6. The summed E-state index contributed by atoms with van der Waals surface area (Å²) >= 11 is 0. The molecule has 0 aromatic heterocycles. The van der Waals surface area contributed by atoms with E-state index in [4.69, 9.17) is 14.2 Å². The van der Waals surface area contributed by atoms with E-state index in [1.54, 1.807) is 0 Å². The summed E-state index contributed by atoms with van der Waals surface area (Å²) in [5.74, 6) is -0.453. The molecule has 342 valence electrons. The van der Waals surface area contributed by atoms with E-state index >= 15 is 0 Å². The lowest BCUT2D eigenvalue weighted by Gasteiger charge is -2.18. The SMILES string of the molecule is CC/C=C\C/C=C\C/C=C\CCCCCCCCCC(=O)OCC(COCCCCCCCC/C=C\C/C=C\CCC)OC(=O)CCCCC/C=C\C/C=C\C/C=C\CC. The summed E-state index contributed by atoms with van der Waals surface area (Å²) in [6.45, 7) is 7.47. The molecule has 0 rings (SSSR count). The van der Waals surface area contributed by atoms with Gasteiger partial charge in [-0.2, -0.15) is 0 Å². The summed E-state index contributed by atoms with van der Waals surface area (Å²) in [5.41, 5.74) is 0. The zero-order valence-corrected chi connectivity index (χ0v) is 39.2. The fourth-order valence-electron chi connectivity index (χ4n) is 6.46. The van der Waals surface area contributed by atoms with Gasteiger partial charge in [-0.15, -0.1) is 0 Å². The van der Waals surface area contributed by atoms with Crippen LogP contribution in [0, 0.1) is 0 Å². The Morgan fingerprint density at radius 3 is 1.22 bits per heavy atom. The first-order valence-electron chi connectivity index (χ1n) is 24.8. The molecular formula is C55H92O5. The quantitative estimate of drug-likeness (QED) is 0.0348. The van der Waals surface area contributed by atoms with Gasteiger partial charge in [0.1, 0.15) is 6.61 Å². The minimum absolute atomic E-state index is 0.0587. The van der Waals surface area contributed by atoms with Crippen LogP contribution in [0.15, 0.2) is 97.2 Å². The van der Waals surface area contributed by atoms with Crippen LogP contribution in [-0.4, -0.2) is 37.9 Å². The number of ether oxygens (including phenoxy) is 3. The second-order valence-electron chi connectivity index (χ2n) is 15.9. The van der Waals surface area contributed by atoms with Gasteiger partial charge in [0.2, 0.25) is 0 Å². The van der Waals surface area contributed by atoms with Crippen molar-refractivity contribution < 1.29 is 23.8 Å². The molecule has 5 nitrogen and oxygen atoms in total. The van der Waals surface area contributed by atoms with Crippen molar-refractivity contribution >= 4 is 11.9 Å². The van der Waals surface area contributed by atoms with Crippen molar-refractivity contribution in [3.8, 4) is 0 Å². The second-order valence-corrected chi connectivity index (χ2v) is 15.9. The van der Waals surface area contributed by atoms with Crippen LogP contribution < -0.4 is 0 Å². The first-order chi connectivity index (χ1) is 29.6. The largest absolute Gasteiger partial charge is 0.462 e. The van der Waals surface area contributed by atoms with Gasteiger partial charge in [0.15, 0.2) is 6.10 Å². The van der Waals surface area contributed by atoms with E-state index in [2.05, 4.69) is 118 Å². The van der Waals surface area contributed by atoms with E-state index in [9.17, 15) is 9.59 Å². The second kappa shape index (κ2) is 50.2. The molecule has 0 spiro atoms. The summed E-state index contributed by atoms with van der Waals surface area (Å²) in [5, 5.41) is 0. The van der Waals surface area contributed by atoms with Crippen LogP contribution in [0.5, 0.6) is 0 Å². The lowest BCUT2D eigenvalue weighted by atomic mass is 10.1. The van der Waals surface area contributed by atoms with Crippen molar-refractivity contribution in [3.63, 3.8) is 0 Å². The Hall–Kier alpha value is -3.18. The molecule has 0 saturated heterocycles. The number of hydrogen-bond acceptors (Lipinski definition) is 5. The predicted molar refractivity (Wildman–Crippen MR) is 260 cm³/mol. The molecule has 0 aromatic carbocycles. The Morgan fingerprint density at radius 2 is 0.750 bits per heavy atom. The summed E-state index contributed by atoms with van der Waals surface area (Å²) in [7, 11) is 0. The van der Waals surface area contributed by atoms with E-state index < -0.39 is 6.10 Å². The normalized spacial score (nSPS) is 13.1. The number of rotatable bonds is 44. The molecule has 1 atom stereocenters. The highest BCUT2D eigenvalue weighted by Gasteiger charge is 2.17. The standard InChI is InChI=1S/C55H92O5/c1-4-7-10-13-16-19-22-25-27-28-29-31-33-36-39-42-45-48-54(56)59-52-53(51-58-50-47-44-41-38-35-32-26-23-20-17-14-11-8-5-2)60-55(57)49-46-43-40-37-34-30-24-21-18-15-12-9-6-3/h7,9-12,14,16,18-21,23,25,27,30,34,53H,4-6,8,13,15,17,22,24,26,28-29,31-33,35-52H2,1-3H3/b10-7-,12-9-,14-11-,19-16-,21-18-,23-20-,27-25-,34-30-. The summed E-state index contributed by atoms with van der Waals surface area (Å²) < 4.78 is 17.3. The highest BCUT2D eigenvalue weighted by molar-refractivity contribution is 5.70. The molecule has 1 unspecified atom stereocenters. The van der Waals surface area contributed by atoms with Gasteiger partial charge < -0.3 is 14.2 Å². The van der Waals surface area contributed by atoms with Crippen molar-refractivity contribution in [1.82, 2.24) is 0 Å². The first kappa shape index (κ1) is 56.8. The molecule has 0 fully saturated rings. The van der Waals surface area contributed by atoms with Crippen molar-refractivity contribution in [2.45, 2.75) is 219 Å². The van der Waals surface area contributed by atoms with Crippen molar-refractivity contribution in [2.24, 2.45) is 0 Å². The Balaban J connectivity index is 4.34. The van der Waals surface area contributed by atoms with Crippen molar-refractivity contribution in [1.29, 1.82) is 0 Å². The molecular weight excluding hydrogens is 741 g/mol. The molecule has 0 aliphatic rings. The van der Waals surface area contributed by atoms with Crippen LogP contribution in [0.1, 0.15) is 213 Å². The molecule has 60 heavy (non-hydrogen) atoms. The minimum atomic E-state index is -0.565. The number of unbranched alkanes of at least 4 members (excludes halogenated alkanes) is 17. The maximum atomic E-state index is 12.8. The van der Waals surface area contributed by atoms with Crippen LogP contribution in [-0.2, 0) is 23.8 Å². The molecule has 0 bridgehead atoms. The van der Waals surface area contributed by atoms with Gasteiger partial charge in [-0.3, -0.25) is 9.59 Å². The van der Waals surface area contributed by atoms with Crippen LogP contribution in [0.4, 0.5) is 0 Å². The lowest BCUT2D eigenvalue weighted by Crippen LogP contribution is -2.30. The van der Waals surface area contributed by atoms with Crippen molar-refractivity contribution in [3.05, 3.63) is 97.2 Å². The monoisotopic (exact) mass is 833 g/mol. The van der Waals surface area contributed by atoms with E-state index in [-0.39, 0.29) is 25.2 Å². The maximum absolute atomic E-state index is 12.8. The van der Waals surface area contributed by atoms with E-state index in [1.165, 1.54) is 64.2 Å². The van der Waals surface area contributed by atoms with E-state index in [1.807, 2.05) is 0 Å². The van der Waals surface area contributed by atoms with Gasteiger partial charge in [0.25, 0.3) is 0 Å². The van der Waals surface area contributed by atoms with Gasteiger partial charge in [-0.05, 0) is 109 Å². The summed E-state index contributed by atoms with van der Waals surface area (Å²) in [6.07, 6.45) is 67.0. The number of carbonyl (C=O) groups excluding carboxylic acids is 2. The van der Waals surface area contributed by atoms with Gasteiger partial charge in [-0.25, -0.2) is 0 Å². The predicted octanol–water partition coefficient (Wildman–Crippen LogP) is 16.7. The average molecular weight is 833 g/mol. The smallest absolute Gasteiger partial charge is 0.306 e. The number of esters is 2. The summed E-state index contributed by atoms with van der Waals surface area (Å²) in [4.78, 5) is 25.3. The highest BCUT2D eigenvalue weighted by Crippen LogP contribution is 2.13. The Kier molecular flexibility index (Phi) is 47.5. The van der Waals surface area contributed by atoms with Gasteiger partial charge >= 0.3 is 11.9 Å². The van der Waals surface area contributed by atoms with E-state index in [0.29, 0.717) is 19.4 Å². The van der Waals surface area contributed by atoms with Gasteiger partial charge in [0.05, 0.1) is 6.61 Å². The number of hydrogen-bond donors (Lipinski definition) is 0. The number of allylic oxidation sites excluding steroid dienone is 16. The molecule has 0 radical (unpaired) electrons. The molecule has 0 heterocycles. The molecule has 0 amide bonds. The van der Waals surface area contributed by atoms with Gasteiger partial charge in [0, 0.05) is 19.4 Å². The Morgan fingerprint density at radius 1 is 0.383 bits per heavy atom. The molecule has 0 aromatic rings. The lowest BCUT2D eigenvalue weighted by molar-refractivity contribution is -0.163.